The van der Waals surface area contributed by atoms with Gasteiger partial charge in [-0.1, -0.05) is 18.2 Å². The first-order valence-electron chi connectivity index (χ1n) is 9.49. The van der Waals surface area contributed by atoms with Crippen LogP contribution in [0, 0.1) is 11.8 Å². The van der Waals surface area contributed by atoms with Crippen LogP contribution in [0.1, 0.15) is 24.4 Å². The summed E-state index contributed by atoms with van der Waals surface area (Å²) in [7, 11) is 0. The number of rotatable bonds is 3. The maximum Gasteiger partial charge on any atom is 0.0961 e. The van der Waals surface area contributed by atoms with Crippen LogP contribution in [0.4, 0.5) is 0 Å². The molecule has 1 aliphatic carbocycles. The normalized spacial score (nSPS) is 29.1. The maximum atomic E-state index is 10.8. The zero-order valence-electron chi connectivity index (χ0n) is 14.8. The average Bonchev–Trinajstić information content (AvgIpc) is 3.25. The van der Waals surface area contributed by atoms with Crippen LogP contribution in [-0.2, 0) is 6.54 Å². The molecule has 0 amide bonds. The van der Waals surface area contributed by atoms with Gasteiger partial charge in [0.1, 0.15) is 0 Å². The first-order valence-corrected chi connectivity index (χ1v) is 9.49. The fraction of sp³-hybridized carbons (Fsp3) is 0.429. The monoisotopic (exact) mass is 348 g/mol. The van der Waals surface area contributed by atoms with Crippen molar-refractivity contribution in [1.82, 2.24) is 19.4 Å². The third-order valence-electron chi connectivity index (χ3n) is 6.15. The first kappa shape index (κ1) is 16.0. The molecule has 1 N–H and O–H groups in total. The lowest BCUT2D eigenvalue weighted by molar-refractivity contribution is 0.0374. The molecule has 0 radical (unpaired) electrons. The predicted molar refractivity (Wildman–Crippen MR) is 101 cm³/mol. The van der Waals surface area contributed by atoms with Crippen molar-refractivity contribution >= 4 is 11.0 Å². The van der Waals surface area contributed by atoms with E-state index in [0.717, 1.165) is 43.5 Å². The van der Waals surface area contributed by atoms with E-state index in [9.17, 15) is 5.11 Å². The van der Waals surface area contributed by atoms with Gasteiger partial charge in [-0.2, -0.15) is 0 Å². The molecule has 5 rings (SSSR count). The summed E-state index contributed by atoms with van der Waals surface area (Å²) in [6.45, 7) is 3.14. The van der Waals surface area contributed by atoms with Crippen molar-refractivity contribution in [1.29, 1.82) is 0 Å². The quantitative estimate of drug-likeness (QED) is 0.791. The molecule has 26 heavy (non-hydrogen) atoms. The van der Waals surface area contributed by atoms with Gasteiger partial charge in [-0.25, -0.2) is 4.98 Å². The van der Waals surface area contributed by atoms with Crippen LogP contribution in [0.3, 0.4) is 0 Å². The minimum Gasteiger partial charge on any atom is -0.391 e. The van der Waals surface area contributed by atoms with Gasteiger partial charge in [0.15, 0.2) is 0 Å². The number of aromatic nitrogens is 3. The summed E-state index contributed by atoms with van der Waals surface area (Å²) >= 11 is 0. The summed E-state index contributed by atoms with van der Waals surface area (Å²) in [6.07, 6.45) is 7.29. The molecule has 0 spiro atoms. The number of hydrogen-bond acceptors (Lipinski definition) is 4. The van der Waals surface area contributed by atoms with Gasteiger partial charge in [-0.05, 0) is 48.4 Å². The zero-order chi connectivity index (χ0) is 17.5. The molecular weight excluding hydrogens is 324 g/mol. The molecule has 1 saturated carbocycles. The van der Waals surface area contributed by atoms with Gasteiger partial charge in [0.05, 0.1) is 29.5 Å². The summed E-state index contributed by atoms with van der Waals surface area (Å²) in [5.74, 6) is 1.23. The number of benzene rings is 1. The number of para-hydroxylation sites is 2. The van der Waals surface area contributed by atoms with Crippen molar-refractivity contribution in [3.05, 3.63) is 60.7 Å². The van der Waals surface area contributed by atoms with E-state index in [1.54, 1.807) is 0 Å². The van der Waals surface area contributed by atoms with Crippen LogP contribution in [0.2, 0.25) is 0 Å². The highest BCUT2D eigenvalue weighted by atomic mass is 16.3. The number of imidazole rings is 1. The summed E-state index contributed by atoms with van der Waals surface area (Å²) in [5, 5.41) is 10.8. The minimum absolute atomic E-state index is 0.127. The number of nitrogens with zero attached hydrogens (tertiary/aromatic N) is 4. The fourth-order valence-electron chi connectivity index (χ4n) is 4.92. The topological polar surface area (TPSA) is 54.2 Å². The van der Waals surface area contributed by atoms with Gasteiger partial charge in [0, 0.05) is 32.0 Å². The smallest absolute Gasteiger partial charge is 0.0961 e. The van der Waals surface area contributed by atoms with Crippen molar-refractivity contribution in [2.75, 3.05) is 13.1 Å². The predicted octanol–water partition coefficient (Wildman–Crippen LogP) is 2.88. The Morgan fingerprint density at radius 2 is 1.88 bits per heavy atom. The van der Waals surface area contributed by atoms with E-state index in [2.05, 4.69) is 31.6 Å². The lowest BCUT2D eigenvalue weighted by Crippen LogP contribution is -2.36. The number of fused-ring (bicyclic) bond motifs is 2. The highest BCUT2D eigenvalue weighted by Crippen LogP contribution is 2.42. The van der Waals surface area contributed by atoms with E-state index in [4.69, 9.17) is 0 Å². The second-order valence-electron chi connectivity index (χ2n) is 7.82. The summed E-state index contributed by atoms with van der Waals surface area (Å²) in [4.78, 5) is 11.3. The highest BCUT2D eigenvalue weighted by molar-refractivity contribution is 5.75. The fourth-order valence-corrected chi connectivity index (χ4v) is 4.92. The molecule has 1 aromatic carbocycles. The molecule has 4 atom stereocenters. The number of aliphatic hydroxyl groups is 1. The Bertz CT molecular complexity index is 893. The molecular formula is C21H24N4O. The molecule has 1 aliphatic heterocycles. The summed E-state index contributed by atoms with van der Waals surface area (Å²) in [6, 6.07) is 12.5. The van der Waals surface area contributed by atoms with Crippen molar-refractivity contribution < 1.29 is 5.11 Å². The van der Waals surface area contributed by atoms with Gasteiger partial charge in [0.25, 0.3) is 0 Å². The van der Waals surface area contributed by atoms with Crippen LogP contribution < -0.4 is 0 Å². The van der Waals surface area contributed by atoms with E-state index >= 15 is 0 Å². The molecule has 2 aliphatic rings. The largest absolute Gasteiger partial charge is 0.391 e. The van der Waals surface area contributed by atoms with Gasteiger partial charge in [-0.3, -0.25) is 9.88 Å². The lowest BCUT2D eigenvalue weighted by atomic mass is 9.77. The van der Waals surface area contributed by atoms with Crippen molar-refractivity contribution in [2.24, 2.45) is 11.8 Å². The molecule has 134 valence electrons. The van der Waals surface area contributed by atoms with Crippen LogP contribution in [-0.4, -0.2) is 43.7 Å². The molecule has 3 heterocycles. The van der Waals surface area contributed by atoms with Crippen molar-refractivity contribution in [2.45, 2.75) is 31.5 Å². The summed E-state index contributed by atoms with van der Waals surface area (Å²) < 4.78 is 2.19. The molecule has 3 aromatic rings. The average molecular weight is 348 g/mol. The maximum absolute atomic E-state index is 10.8. The van der Waals surface area contributed by atoms with Crippen molar-refractivity contribution in [3.63, 3.8) is 0 Å². The number of aliphatic hydroxyl groups excluding tert-OH is 1. The SMILES string of the molecule is O[C@@H]1C[C@H]2CN(Cc3cccnc3)C[C@H]2C[C@H]1n1cnc2ccccc21. The minimum atomic E-state index is -0.299. The zero-order valence-corrected chi connectivity index (χ0v) is 14.8. The Morgan fingerprint density at radius 1 is 1.04 bits per heavy atom. The lowest BCUT2D eigenvalue weighted by Gasteiger charge is -2.36. The van der Waals surface area contributed by atoms with Gasteiger partial charge in [-0.15, -0.1) is 0 Å². The Hall–Kier alpha value is -2.24. The van der Waals surface area contributed by atoms with Crippen molar-refractivity contribution in [3.8, 4) is 0 Å². The number of hydrogen-bond donors (Lipinski definition) is 1. The standard InChI is InChI=1S/C21H24N4O/c26-21-9-17-13-24(11-15-4-3-7-22-10-15)12-16(17)8-20(21)25-14-23-18-5-1-2-6-19(18)25/h1-7,10,14,16-17,20-21,26H,8-9,11-13H2/t16-,17+,20-,21-/m1/s1. The van der Waals surface area contributed by atoms with Gasteiger partial charge >= 0.3 is 0 Å². The third kappa shape index (κ3) is 2.81. The van der Waals surface area contributed by atoms with Crippen LogP contribution in [0.25, 0.3) is 11.0 Å². The Labute approximate surface area is 153 Å². The molecule has 2 aromatic heterocycles. The van der Waals surface area contributed by atoms with Crippen LogP contribution >= 0.6 is 0 Å². The van der Waals surface area contributed by atoms with Crippen LogP contribution in [0.15, 0.2) is 55.1 Å². The van der Waals surface area contributed by atoms with E-state index in [-0.39, 0.29) is 12.1 Å². The Kier molecular flexibility index (Phi) is 3.98. The molecule has 2 fully saturated rings. The Balaban J connectivity index is 1.34. The Morgan fingerprint density at radius 3 is 2.73 bits per heavy atom. The van der Waals surface area contributed by atoms with E-state index < -0.39 is 0 Å². The van der Waals surface area contributed by atoms with E-state index in [1.807, 2.05) is 43.0 Å². The van der Waals surface area contributed by atoms with E-state index in [0.29, 0.717) is 11.8 Å². The molecule has 0 unspecified atom stereocenters. The number of pyridine rings is 1. The second kappa shape index (κ2) is 6.49. The first-order chi connectivity index (χ1) is 12.8. The van der Waals surface area contributed by atoms with Gasteiger partial charge in [0.2, 0.25) is 0 Å². The highest BCUT2D eigenvalue weighted by Gasteiger charge is 2.42. The molecule has 0 bridgehead atoms. The van der Waals surface area contributed by atoms with Crippen LogP contribution in [0.5, 0.6) is 0 Å². The van der Waals surface area contributed by atoms with Gasteiger partial charge < -0.3 is 9.67 Å². The third-order valence-corrected chi connectivity index (χ3v) is 6.15. The summed E-state index contributed by atoms with van der Waals surface area (Å²) in [5.41, 5.74) is 3.40. The van der Waals surface area contributed by atoms with E-state index in [1.165, 1.54) is 5.56 Å². The molecule has 1 saturated heterocycles. The number of likely N-dealkylation sites (tertiary alicyclic amines) is 1. The molecule has 5 nitrogen and oxygen atoms in total. The second-order valence-corrected chi connectivity index (χ2v) is 7.82. The molecule has 5 heteroatoms.